The number of halogens is 1. The van der Waals surface area contributed by atoms with Crippen LogP contribution in [0.25, 0.3) is 0 Å². The third-order valence-electron chi connectivity index (χ3n) is 3.79. The van der Waals surface area contributed by atoms with E-state index in [2.05, 4.69) is 5.32 Å². The average molecular weight is 295 g/mol. The van der Waals surface area contributed by atoms with E-state index in [0.29, 0.717) is 23.7 Å². The Morgan fingerprint density at radius 2 is 2.10 bits per heavy atom. The van der Waals surface area contributed by atoms with E-state index in [9.17, 15) is 9.59 Å². The number of carbonyl (C=O) groups excluding carboxylic acids is 2. The first kappa shape index (κ1) is 14.9. The van der Waals surface area contributed by atoms with Crippen molar-refractivity contribution < 1.29 is 9.59 Å². The molecule has 2 rings (SSSR count). The highest BCUT2D eigenvalue weighted by Gasteiger charge is 2.40. The number of amides is 2. The topological polar surface area (TPSA) is 49.4 Å². The van der Waals surface area contributed by atoms with Gasteiger partial charge in [-0.05, 0) is 38.0 Å². The summed E-state index contributed by atoms with van der Waals surface area (Å²) < 4.78 is 0. The van der Waals surface area contributed by atoms with Crippen LogP contribution in [0.3, 0.4) is 0 Å². The SMILES string of the molecule is CCC1(C)NC(=O)CCN(c2cc(C)ccc2Cl)C1=O. The monoisotopic (exact) mass is 294 g/mol. The Balaban J connectivity index is 2.46. The van der Waals surface area contributed by atoms with E-state index in [1.807, 2.05) is 26.0 Å². The number of nitrogens with one attached hydrogen (secondary N) is 1. The molecule has 5 heteroatoms. The van der Waals surface area contributed by atoms with Crippen LogP contribution in [0.15, 0.2) is 18.2 Å². The maximum atomic E-state index is 12.8. The zero-order valence-corrected chi connectivity index (χ0v) is 12.8. The summed E-state index contributed by atoms with van der Waals surface area (Å²) in [5.41, 5.74) is 0.826. The van der Waals surface area contributed by atoms with Gasteiger partial charge in [-0.3, -0.25) is 9.59 Å². The molecule has 1 saturated heterocycles. The molecule has 1 unspecified atom stereocenters. The Kier molecular flexibility index (Phi) is 4.04. The number of hydrogen-bond donors (Lipinski definition) is 1. The van der Waals surface area contributed by atoms with Crippen LogP contribution < -0.4 is 10.2 Å². The molecule has 4 nitrogen and oxygen atoms in total. The molecule has 108 valence electrons. The number of aryl methyl sites for hydroxylation is 1. The van der Waals surface area contributed by atoms with E-state index in [0.717, 1.165) is 5.56 Å². The molecule has 1 aromatic rings. The van der Waals surface area contributed by atoms with Gasteiger partial charge in [0.05, 0.1) is 10.7 Å². The Morgan fingerprint density at radius 1 is 1.40 bits per heavy atom. The van der Waals surface area contributed by atoms with Crippen LogP contribution in [-0.2, 0) is 9.59 Å². The minimum Gasteiger partial charge on any atom is -0.342 e. The predicted molar refractivity (Wildman–Crippen MR) is 80.0 cm³/mol. The maximum Gasteiger partial charge on any atom is 0.252 e. The first-order chi connectivity index (χ1) is 9.37. The lowest BCUT2D eigenvalue weighted by Crippen LogP contribution is -2.54. The second-order valence-corrected chi connectivity index (χ2v) is 5.80. The Labute approximate surface area is 124 Å². The van der Waals surface area contributed by atoms with Crippen LogP contribution >= 0.6 is 11.6 Å². The van der Waals surface area contributed by atoms with Crippen LogP contribution in [0.5, 0.6) is 0 Å². The van der Waals surface area contributed by atoms with E-state index >= 15 is 0 Å². The average Bonchev–Trinajstić information content (AvgIpc) is 2.52. The van der Waals surface area contributed by atoms with Crippen molar-refractivity contribution >= 4 is 29.1 Å². The fourth-order valence-corrected chi connectivity index (χ4v) is 2.56. The number of benzene rings is 1. The quantitative estimate of drug-likeness (QED) is 0.911. The third kappa shape index (κ3) is 2.66. The first-order valence-electron chi connectivity index (χ1n) is 6.76. The summed E-state index contributed by atoms with van der Waals surface area (Å²) in [6.07, 6.45) is 0.823. The summed E-state index contributed by atoms with van der Waals surface area (Å²) in [4.78, 5) is 26.2. The molecule has 0 aromatic heterocycles. The molecule has 0 bridgehead atoms. The van der Waals surface area contributed by atoms with Crippen LogP contribution in [0.4, 0.5) is 5.69 Å². The van der Waals surface area contributed by atoms with Crippen molar-refractivity contribution in [3.05, 3.63) is 28.8 Å². The molecule has 2 amide bonds. The molecule has 1 aromatic carbocycles. The van der Waals surface area contributed by atoms with Gasteiger partial charge < -0.3 is 10.2 Å². The van der Waals surface area contributed by atoms with Crippen molar-refractivity contribution in [2.75, 3.05) is 11.4 Å². The van der Waals surface area contributed by atoms with Gasteiger partial charge in [-0.2, -0.15) is 0 Å². The molecule has 0 saturated carbocycles. The third-order valence-corrected chi connectivity index (χ3v) is 4.11. The minimum absolute atomic E-state index is 0.103. The Bertz CT molecular complexity index is 559. The van der Waals surface area contributed by atoms with Crippen molar-refractivity contribution in [2.24, 2.45) is 0 Å². The highest BCUT2D eigenvalue weighted by Crippen LogP contribution is 2.30. The van der Waals surface area contributed by atoms with Gasteiger partial charge in [0.2, 0.25) is 5.91 Å². The second kappa shape index (κ2) is 5.44. The lowest BCUT2D eigenvalue weighted by Gasteiger charge is -2.31. The van der Waals surface area contributed by atoms with Gasteiger partial charge in [-0.15, -0.1) is 0 Å². The van der Waals surface area contributed by atoms with Crippen molar-refractivity contribution in [1.82, 2.24) is 5.32 Å². The van der Waals surface area contributed by atoms with E-state index in [4.69, 9.17) is 11.6 Å². The molecular weight excluding hydrogens is 276 g/mol. The number of carbonyl (C=O) groups is 2. The lowest BCUT2D eigenvalue weighted by molar-refractivity contribution is -0.129. The van der Waals surface area contributed by atoms with E-state index in [-0.39, 0.29) is 18.2 Å². The van der Waals surface area contributed by atoms with Crippen molar-refractivity contribution in [3.63, 3.8) is 0 Å². The summed E-state index contributed by atoms with van der Waals surface area (Å²) in [6.45, 7) is 5.95. The van der Waals surface area contributed by atoms with E-state index in [1.165, 1.54) is 0 Å². The van der Waals surface area contributed by atoms with Gasteiger partial charge in [0, 0.05) is 13.0 Å². The smallest absolute Gasteiger partial charge is 0.252 e. The molecule has 1 atom stereocenters. The zero-order valence-electron chi connectivity index (χ0n) is 12.0. The highest BCUT2D eigenvalue weighted by atomic mass is 35.5. The highest BCUT2D eigenvalue weighted by molar-refractivity contribution is 6.34. The van der Waals surface area contributed by atoms with Crippen molar-refractivity contribution in [3.8, 4) is 0 Å². The number of anilines is 1. The molecule has 0 aliphatic carbocycles. The Morgan fingerprint density at radius 3 is 2.75 bits per heavy atom. The van der Waals surface area contributed by atoms with Crippen molar-refractivity contribution in [1.29, 1.82) is 0 Å². The van der Waals surface area contributed by atoms with Gasteiger partial charge >= 0.3 is 0 Å². The van der Waals surface area contributed by atoms with Gasteiger partial charge in [-0.1, -0.05) is 24.6 Å². The van der Waals surface area contributed by atoms with Crippen LogP contribution in [0.1, 0.15) is 32.3 Å². The fourth-order valence-electron chi connectivity index (χ4n) is 2.34. The van der Waals surface area contributed by atoms with Gasteiger partial charge in [0.1, 0.15) is 5.54 Å². The first-order valence-corrected chi connectivity index (χ1v) is 7.14. The fraction of sp³-hybridized carbons (Fsp3) is 0.467. The molecular formula is C15H19ClN2O2. The summed E-state index contributed by atoms with van der Waals surface area (Å²) in [6, 6.07) is 5.56. The molecule has 0 spiro atoms. The number of rotatable bonds is 2. The van der Waals surface area contributed by atoms with Gasteiger partial charge in [0.15, 0.2) is 0 Å². The molecule has 1 aliphatic heterocycles. The summed E-state index contributed by atoms with van der Waals surface area (Å²) in [7, 11) is 0. The summed E-state index contributed by atoms with van der Waals surface area (Å²) >= 11 is 6.22. The molecule has 1 fully saturated rings. The zero-order chi connectivity index (χ0) is 14.9. The maximum absolute atomic E-state index is 12.8. The minimum atomic E-state index is -0.874. The summed E-state index contributed by atoms with van der Waals surface area (Å²) in [5.74, 6) is -0.215. The van der Waals surface area contributed by atoms with Crippen LogP contribution in [-0.4, -0.2) is 23.9 Å². The number of hydrogen-bond acceptors (Lipinski definition) is 2. The molecule has 1 heterocycles. The molecule has 0 radical (unpaired) electrons. The molecule has 1 N–H and O–H groups in total. The number of nitrogens with zero attached hydrogens (tertiary/aromatic N) is 1. The predicted octanol–water partition coefficient (Wildman–Crippen LogP) is 2.67. The molecule has 1 aliphatic rings. The molecule has 20 heavy (non-hydrogen) atoms. The van der Waals surface area contributed by atoms with Crippen LogP contribution in [0, 0.1) is 6.92 Å². The van der Waals surface area contributed by atoms with E-state index in [1.54, 1.807) is 17.9 Å². The standard InChI is InChI=1S/C15H19ClN2O2/c1-4-15(3)14(20)18(8-7-13(19)17-15)12-9-10(2)5-6-11(12)16/h5-6,9H,4,7-8H2,1-3H3,(H,17,19). The van der Waals surface area contributed by atoms with Crippen molar-refractivity contribution in [2.45, 2.75) is 39.2 Å². The lowest BCUT2D eigenvalue weighted by atomic mass is 9.97. The summed E-state index contributed by atoms with van der Waals surface area (Å²) in [5, 5.41) is 3.34. The van der Waals surface area contributed by atoms with Gasteiger partial charge in [-0.25, -0.2) is 0 Å². The van der Waals surface area contributed by atoms with Gasteiger partial charge in [0.25, 0.3) is 5.91 Å². The largest absolute Gasteiger partial charge is 0.342 e. The normalized spacial score (nSPS) is 23.5. The van der Waals surface area contributed by atoms with E-state index < -0.39 is 5.54 Å². The van der Waals surface area contributed by atoms with Crippen LogP contribution in [0.2, 0.25) is 5.02 Å². The Hall–Kier alpha value is -1.55. The second-order valence-electron chi connectivity index (χ2n) is 5.40.